The summed E-state index contributed by atoms with van der Waals surface area (Å²) in [6.45, 7) is 2.14. The summed E-state index contributed by atoms with van der Waals surface area (Å²) in [5.74, 6) is 0. The first-order valence-corrected chi connectivity index (χ1v) is 4.78. The molecule has 0 aliphatic carbocycles. The number of anilines is 2. The van der Waals surface area contributed by atoms with Crippen LogP contribution in [0.3, 0.4) is 0 Å². The van der Waals surface area contributed by atoms with Crippen LogP contribution in [0.25, 0.3) is 10.8 Å². The van der Waals surface area contributed by atoms with Gasteiger partial charge in [0.2, 0.25) is 0 Å². The van der Waals surface area contributed by atoms with E-state index in [1.807, 2.05) is 12.1 Å². The van der Waals surface area contributed by atoms with Crippen LogP contribution >= 0.6 is 0 Å². The van der Waals surface area contributed by atoms with Crippen LogP contribution in [-0.4, -0.2) is 0 Å². The van der Waals surface area contributed by atoms with Crippen molar-refractivity contribution in [2.45, 2.75) is 13.3 Å². The summed E-state index contributed by atoms with van der Waals surface area (Å²) in [4.78, 5) is 0. The van der Waals surface area contributed by atoms with E-state index in [4.69, 9.17) is 11.5 Å². The Morgan fingerprint density at radius 3 is 2.21 bits per heavy atom. The van der Waals surface area contributed by atoms with E-state index in [0.29, 0.717) is 11.4 Å². The van der Waals surface area contributed by atoms with Crippen LogP contribution in [0, 0.1) is 0 Å². The van der Waals surface area contributed by atoms with Crippen molar-refractivity contribution in [2.75, 3.05) is 11.5 Å². The Hall–Kier alpha value is -1.70. The zero-order valence-corrected chi connectivity index (χ0v) is 8.25. The number of fused-ring (bicyclic) bond motifs is 1. The molecule has 0 radical (unpaired) electrons. The Bertz CT molecular complexity index is 475. The first-order valence-electron chi connectivity index (χ1n) is 4.78. The zero-order chi connectivity index (χ0) is 10.1. The van der Waals surface area contributed by atoms with Crippen LogP contribution in [0.2, 0.25) is 0 Å². The molecule has 2 nitrogen and oxygen atoms in total. The predicted octanol–water partition coefficient (Wildman–Crippen LogP) is 2.57. The van der Waals surface area contributed by atoms with Crippen molar-refractivity contribution in [1.82, 2.24) is 0 Å². The van der Waals surface area contributed by atoms with Crippen LogP contribution < -0.4 is 11.5 Å². The monoisotopic (exact) mass is 186 g/mol. The summed E-state index contributed by atoms with van der Waals surface area (Å²) in [5, 5.41) is 2.31. The maximum Gasteiger partial charge on any atom is 0.0554 e. The molecule has 0 saturated carbocycles. The summed E-state index contributed by atoms with van der Waals surface area (Å²) in [6, 6.07) is 10.2. The fourth-order valence-corrected chi connectivity index (χ4v) is 1.60. The first-order chi connectivity index (χ1) is 6.70. The molecule has 0 fully saturated rings. The van der Waals surface area contributed by atoms with Crippen molar-refractivity contribution in [3.8, 4) is 0 Å². The van der Waals surface area contributed by atoms with E-state index in [0.717, 1.165) is 17.2 Å². The van der Waals surface area contributed by atoms with Gasteiger partial charge in [-0.25, -0.2) is 0 Å². The fraction of sp³-hybridized carbons (Fsp3) is 0.167. The molecular weight excluding hydrogens is 172 g/mol. The van der Waals surface area contributed by atoms with Crippen molar-refractivity contribution in [3.63, 3.8) is 0 Å². The molecule has 2 rings (SSSR count). The van der Waals surface area contributed by atoms with Gasteiger partial charge in [0.1, 0.15) is 0 Å². The molecule has 0 aromatic heterocycles. The molecule has 2 aromatic rings. The fourth-order valence-electron chi connectivity index (χ4n) is 1.60. The highest BCUT2D eigenvalue weighted by Gasteiger charge is 1.99. The van der Waals surface area contributed by atoms with E-state index >= 15 is 0 Å². The minimum absolute atomic E-state index is 0.654. The number of nitrogens with two attached hydrogens (primary N) is 2. The van der Waals surface area contributed by atoms with Gasteiger partial charge in [0.05, 0.1) is 11.4 Å². The van der Waals surface area contributed by atoms with Crippen LogP contribution in [0.4, 0.5) is 11.4 Å². The summed E-state index contributed by atoms with van der Waals surface area (Å²) in [6.07, 6.45) is 1.04. The van der Waals surface area contributed by atoms with Crippen LogP contribution in [0.1, 0.15) is 12.5 Å². The minimum Gasteiger partial charge on any atom is -0.397 e. The van der Waals surface area contributed by atoms with Crippen LogP contribution in [0.15, 0.2) is 30.3 Å². The number of benzene rings is 2. The molecule has 0 aliphatic rings. The molecule has 0 unspecified atom stereocenters. The standard InChI is InChI=1S/C12H14N2/c1-2-8-3-4-9-6-11(13)12(14)7-10(9)5-8/h3-7H,2,13-14H2,1H3. The molecule has 0 spiro atoms. The summed E-state index contributed by atoms with van der Waals surface area (Å²) < 4.78 is 0. The lowest BCUT2D eigenvalue weighted by atomic mass is 10.0. The highest BCUT2D eigenvalue weighted by atomic mass is 14.7. The second kappa shape index (κ2) is 3.22. The molecule has 0 heterocycles. The van der Waals surface area contributed by atoms with E-state index in [1.165, 1.54) is 5.56 Å². The summed E-state index contributed by atoms with van der Waals surface area (Å²) >= 11 is 0. The molecule has 0 bridgehead atoms. The number of nitrogen functional groups attached to an aromatic ring is 2. The molecule has 0 amide bonds. The zero-order valence-electron chi connectivity index (χ0n) is 8.25. The smallest absolute Gasteiger partial charge is 0.0554 e. The average Bonchev–Trinajstić information content (AvgIpc) is 2.19. The van der Waals surface area contributed by atoms with Crippen LogP contribution in [0.5, 0.6) is 0 Å². The summed E-state index contributed by atoms with van der Waals surface area (Å²) in [7, 11) is 0. The summed E-state index contributed by atoms with van der Waals surface area (Å²) in [5.41, 5.74) is 14.1. The van der Waals surface area contributed by atoms with E-state index in [2.05, 4.69) is 25.1 Å². The lowest BCUT2D eigenvalue weighted by molar-refractivity contribution is 1.15. The molecule has 0 saturated heterocycles. The maximum absolute atomic E-state index is 5.75. The van der Waals surface area contributed by atoms with Crippen molar-refractivity contribution in [2.24, 2.45) is 0 Å². The SMILES string of the molecule is CCc1ccc2cc(N)c(N)cc2c1. The lowest BCUT2D eigenvalue weighted by Crippen LogP contribution is -1.94. The van der Waals surface area contributed by atoms with Gasteiger partial charge < -0.3 is 11.5 Å². The van der Waals surface area contributed by atoms with E-state index in [-0.39, 0.29) is 0 Å². The van der Waals surface area contributed by atoms with Gasteiger partial charge >= 0.3 is 0 Å². The maximum atomic E-state index is 5.75. The largest absolute Gasteiger partial charge is 0.397 e. The Labute approximate surface area is 83.5 Å². The van der Waals surface area contributed by atoms with Gasteiger partial charge in [-0.3, -0.25) is 0 Å². The Kier molecular flexibility index (Phi) is 2.04. The van der Waals surface area contributed by atoms with Gasteiger partial charge in [0.15, 0.2) is 0 Å². The van der Waals surface area contributed by atoms with Crippen LogP contribution in [-0.2, 0) is 6.42 Å². The Balaban J connectivity index is 2.70. The minimum atomic E-state index is 0.654. The second-order valence-corrected chi connectivity index (χ2v) is 3.52. The molecular formula is C12H14N2. The molecule has 4 N–H and O–H groups in total. The third-order valence-electron chi connectivity index (χ3n) is 2.51. The molecule has 2 aromatic carbocycles. The third kappa shape index (κ3) is 1.39. The normalized spacial score (nSPS) is 10.6. The third-order valence-corrected chi connectivity index (χ3v) is 2.51. The highest BCUT2D eigenvalue weighted by molar-refractivity contribution is 5.91. The number of hydrogen-bond acceptors (Lipinski definition) is 2. The van der Waals surface area contributed by atoms with E-state index in [9.17, 15) is 0 Å². The van der Waals surface area contributed by atoms with Gasteiger partial charge in [-0.1, -0.05) is 25.1 Å². The van der Waals surface area contributed by atoms with Gasteiger partial charge in [0.25, 0.3) is 0 Å². The molecule has 0 atom stereocenters. The molecule has 0 aliphatic heterocycles. The Morgan fingerprint density at radius 2 is 1.57 bits per heavy atom. The van der Waals surface area contributed by atoms with Crippen molar-refractivity contribution >= 4 is 22.1 Å². The van der Waals surface area contributed by atoms with Crippen molar-refractivity contribution < 1.29 is 0 Å². The van der Waals surface area contributed by atoms with Crippen molar-refractivity contribution in [1.29, 1.82) is 0 Å². The highest BCUT2D eigenvalue weighted by Crippen LogP contribution is 2.24. The average molecular weight is 186 g/mol. The first kappa shape index (κ1) is 8.88. The van der Waals surface area contributed by atoms with Gasteiger partial charge in [0, 0.05) is 0 Å². The van der Waals surface area contributed by atoms with E-state index in [1.54, 1.807) is 0 Å². The quantitative estimate of drug-likeness (QED) is 0.672. The lowest BCUT2D eigenvalue weighted by Gasteiger charge is -2.05. The number of aryl methyl sites for hydroxylation is 1. The van der Waals surface area contributed by atoms with Gasteiger partial charge in [-0.2, -0.15) is 0 Å². The van der Waals surface area contributed by atoms with Gasteiger partial charge in [-0.15, -0.1) is 0 Å². The Morgan fingerprint density at radius 1 is 0.929 bits per heavy atom. The number of hydrogen-bond donors (Lipinski definition) is 2. The van der Waals surface area contributed by atoms with Crippen molar-refractivity contribution in [3.05, 3.63) is 35.9 Å². The molecule has 72 valence electrons. The molecule has 14 heavy (non-hydrogen) atoms. The van der Waals surface area contributed by atoms with Gasteiger partial charge in [-0.05, 0) is 34.9 Å². The predicted molar refractivity (Wildman–Crippen MR) is 62.2 cm³/mol. The van der Waals surface area contributed by atoms with E-state index < -0.39 is 0 Å². The molecule has 2 heteroatoms. The topological polar surface area (TPSA) is 52.0 Å². The number of rotatable bonds is 1. The second-order valence-electron chi connectivity index (χ2n) is 3.52.